The second-order valence-electron chi connectivity index (χ2n) is 30.9. The molecule has 2 unspecified atom stereocenters. The lowest BCUT2D eigenvalue weighted by Crippen LogP contribution is -2.58. The van der Waals surface area contributed by atoms with Gasteiger partial charge in [-0.1, -0.05) is 39.8 Å². The number of likely N-dealkylation sites (tertiary alicyclic amines) is 2. The number of carbonyl (C=O) groups excluding carboxylic acids is 4. The van der Waals surface area contributed by atoms with Crippen molar-refractivity contribution < 1.29 is 90.6 Å². The number of esters is 2. The van der Waals surface area contributed by atoms with Crippen molar-refractivity contribution in [2.45, 2.75) is 270 Å². The monoisotopic (exact) mass is 1650 g/mol. The summed E-state index contributed by atoms with van der Waals surface area (Å²) in [5.74, 6) is 0.0282. The predicted octanol–water partition coefficient (Wildman–Crippen LogP) is 18.5. The summed E-state index contributed by atoms with van der Waals surface area (Å²) >= 11 is 3.28. The maximum atomic E-state index is 14.2. The van der Waals surface area contributed by atoms with Crippen LogP contribution in [0.25, 0.3) is 5.57 Å². The first-order valence-electron chi connectivity index (χ1n) is 38.9. The van der Waals surface area contributed by atoms with E-state index >= 15 is 0 Å². The van der Waals surface area contributed by atoms with Crippen molar-refractivity contribution in [3.63, 3.8) is 0 Å². The number of allylic oxidation sites excluding steroid dienone is 2. The largest absolute Gasteiger partial charge is 0.496 e. The zero-order valence-electron chi connectivity index (χ0n) is 65.1. The molecular weight excluding hydrogens is 1550 g/mol. The van der Waals surface area contributed by atoms with Crippen LogP contribution in [0.4, 0.5) is 64.6 Å². The van der Waals surface area contributed by atoms with Crippen LogP contribution in [0, 0.1) is 23.7 Å². The molecule has 11 rings (SSSR count). The van der Waals surface area contributed by atoms with Gasteiger partial charge >= 0.3 is 43.8 Å². The number of amides is 2. The SMILES string of the molecule is CC1(C)OB(C2=CCN=C2)OC1(C)C.CCOC(=O)CC1CCC(C(=O)N2[C@H](CC)CC(N(Cc3cc(C(F)(F)F)cc(C(F)(F)F)c3)c3ncc(Br)cn3)C[C@@H]2CC)CC1.CCOC(=O)CC1CCC(C(=O)N2[C@H](CC)CC(N(Cc3cc(C(F)(F)F)cc(C(F)(F)F)c3)c3ncc(C4=CCN=C4)cn3)C[C@@H]2CC)CC1. The fourth-order valence-corrected chi connectivity index (χ4v) is 16.4. The van der Waals surface area contributed by atoms with Crippen LogP contribution < -0.4 is 9.80 Å². The maximum Gasteiger partial charge on any atom is 0.496 e. The molecule has 2 aromatic heterocycles. The van der Waals surface area contributed by atoms with Crippen molar-refractivity contribution in [1.29, 1.82) is 0 Å². The first kappa shape index (κ1) is 88.5. The van der Waals surface area contributed by atoms with E-state index in [9.17, 15) is 71.9 Å². The second kappa shape index (κ2) is 37.9. The highest BCUT2D eigenvalue weighted by Gasteiger charge is 2.53. The predicted molar refractivity (Wildman–Crippen MR) is 405 cm³/mol. The summed E-state index contributed by atoms with van der Waals surface area (Å²) in [6.45, 7) is 21.0. The Morgan fingerprint density at radius 1 is 0.500 bits per heavy atom. The van der Waals surface area contributed by atoms with Gasteiger partial charge in [-0.3, -0.25) is 29.2 Å². The van der Waals surface area contributed by atoms with E-state index in [0.29, 0.717) is 120 Å². The van der Waals surface area contributed by atoms with Crippen LogP contribution in [0.2, 0.25) is 0 Å². The highest BCUT2D eigenvalue weighted by Crippen LogP contribution is 2.45. The minimum atomic E-state index is -4.99. The molecule has 0 N–H and O–H groups in total. The first-order valence-corrected chi connectivity index (χ1v) is 39.7. The molecule has 2 aliphatic carbocycles. The summed E-state index contributed by atoms with van der Waals surface area (Å²) in [6, 6.07) is 1.67. The summed E-state index contributed by atoms with van der Waals surface area (Å²) in [5, 5.41) is 0. The van der Waals surface area contributed by atoms with Crippen LogP contribution in [0.3, 0.4) is 0 Å². The molecule has 4 aromatic rings. The molecule has 2 amide bonds. The quantitative estimate of drug-likeness (QED) is 0.0409. The third-order valence-electron chi connectivity index (χ3n) is 22.9. The molecule has 0 bridgehead atoms. The Balaban J connectivity index is 0.000000219. The topological polar surface area (TPSA) is 194 Å². The lowest BCUT2D eigenvalue weighted by Gasteiger charge is -2.49. The van der Waals surface area contributed by atoms with E-state index in [2.05, 4.69) is 73.5 Å². The number of piperidine rings is 2. The van der Waals surface area contributed by atoms with Gasteiger partial charge in [0.15, 0.2) is 0 Å². The van der Waals surface area contributed by atoms with Crippen molar-refractivity contribution in [2.75, 3.05) is 36.1 Å². The number of alkyl halides is 12. The standard InChI is InChI=1S/C37H45F6N5O3.C33H41BrF6N4O3.C10H16BNO2/c1-4-30-17-32(18-31(5-2)48(30)34(50)25-9-7-23(8-10-25)15-33(49)51-6-3)47(35-45-20-27(21-46-35)26-11-12-44-19-26)22-24-13-28(36(38,39)40)16-29(14-24)37(41,42)43;1-4-26-15-28(16-27(5-2)44(26)30(46)22-9-7-20(8-10-22)13-29(45)47-6-3)43(31-41-17-25(34)18-42-31)19-21-11-23(32(35,36)37)14-24(12-21)33(38,39)40;1-9(2)10(3,4)14-11(13-9)8-5-6-12-7-8/h11,13-14,16,19-21,23,25,30-32H,4-10,12,15,17-18,22H2,1-3H3;11-12,14,17-18,20,22,26-28H,4-10,13,15-16,19H2,1-3H3;5,7H,6H2,1-4H3/t23?,25?,30-,31+,32?;20?,22?,26-,27+,28?;. The molecule has 18 nitrogen and oxygen atoms in total. The molecule has 2 saturated carbocycles. The maximum absolute atomic E-state index is 14.2. The molecule has 0 radical (unpaired) electrons. The number of nitrogens with zero attached hydrogens (tertiary/aromatic N) is 10. The highest BCUT2D eigenvalue weighted by atomic mass is 79.9. The fourth-order valence-electron chi connectivity index (χ4n) is 16.2. The van der Waals surface area contributed by atoms with Crippen LogP contribution in [0.15, 0.2) is 93.3 Å². The van der Waals surface area contributed by atoms with E-state index in [1.165, 1.54) is 12.4 Å². The molecular formula is C80H102BBrF12N10O8. The number of hydrogen-bond acceptors (Lipinski definition) is 16. The number of ether oxygens (including phenoxy) is 2. The Labute approximate surface area is 656 Å². The van der Waals surface area contributed by atoms with Crippen molar-refractivity contribution in [1.82, 2.24) is 29.7 Å². The number of anilines is 2. The number of rotatable bonds is 22. The van der Waals surface area contributed by atoms with Crippen molar-refractivity contribution >= 4 is 76.7 Å². The molecule has 112 heavy (non-hydrogen) atoms. The molecule has 2 aromatic carbocycles. The number of aliphatic imine (C=N–C) groups is 2. The summed E-state index contributed by atoms with van der Waals surface area (Å²) in [5.41, 5.74) is -3.82. The third-order valence-corrected chi connectivity index (χ3v) is 23.3. The molecule has 3 saturated heterocycles. The Kier molecular flexibility index (Phi) is 29.9. The van der Waals surface area contributed by atoms with E-state index < -0.39 is 47.0 Å². The second-order valence-corrected chi connectivity index (χ2v) is 31.9. The van der Waals surface area contributed by atoms with E-state index in [0.717, 1.165) is 67.5 Å². The Hall–Kier alpha value is -7.48. The van der Waals surface area contributed by atoms with Crippen LogP contribution in [0.1, 0.15) is 224 Å². The molecule has 6 atom stereocenters. The van der Waals surface area contributed by atoms with Crippen LogP contribution in [0.5, 0.6) is 0 Å². The Morgan fingerprint density at radius 2 is 0.839 bits per heavy atom. The van der Waals surface area contributed by atoms with E-state index in [1.54, 1.807) is 42.3 Å². The van der Waals surface area contributed by atoms with Crippen molar-refractivity contribution in [2.24, 2.45) is 33.7 Å². The zero-order chi connectivity index (χ0) is 81.8. The number of aromatic nitrogens is 4. The van der Waals surface area contributed by atoms with Gasteiger partial charge in [-0.25, -0.2) is 19.9 Å². The minimum absolute atomic E-state index is 0.0630. The average Bonchev–Trinajstić information content (AvgIpc) is 1.39. The van der Waals surface area contributed by atoms with Gasteiger partial charge in [0.2, 0.25) is 23.7 Å². The van der Waals surface area contributed by atoms with Gasteiger partial charge in [-0.15, -0.1) is 0 Å². The third kappa shape index (κ3) is 22.7. The normalized spacial score (nSPS) is 24.4. The molecule has 7 heterocycles. The number of hydrogen-bond donors (Lipinski definition) is 0. The summed E-state index contributed by atoms with van der Waals surface area (Å²) in [6.07, 6.45) is 4.27. The molecule has 5 fully saturated rings. The van der Waals surface area contributed by atoms with E-state index in [1.807, 2.05) is 55.9 Å². The van der Waals surface area contributed by atoms with Crippen LogP contribution in [-0.4, -0.2) is 147 Å². The average molecular weight is 1650 g/mol. The van der Waals surface area contributed by atoms with Gasteiger partial charge in [-0.05, 0) is 225 Å². The van der Waals surface area contributed by atoms with Crippen molar-refractivity contribution in [3.05, 3.63) is 122 Å². The van der Waals surface area contributed by atoms with Gasteiger partial charge in [-0.2, -0.15) is 52.7 Å². The van der Waals surface area contributed by atoms with Gasteiger partial charge < -0.3 is 38.4 Å². The van der Waals surface area contributed by atoms with Gasteiger partial charge in [0.1, 0.15) is 0 Å². The highest BCUT2D eigenvalue weighted by molar-refractivity contribution is 9.10. The molecule has 32 heteroatoms. The van der Waals surface area contributed by atoms with Crippen LogP contribution >= 0.6 is 15.9 Å². The van der Waals surface area contributed by atoms with Crippen molar-refractivity contribution in [3.8, 4) is 0 Å². The zero-order valence-corrected chi connectivity index (χ0v) is 66.6. The molecule has 5 aliphatic heterocycles. The lowest BCUT2D eigenvalue weighted by atomic mass is 9.78. The van der Waals surface area contributed by atoms with Gasteiger partial charge in [0, 0.05) is 122 Å². The first-order chi connectivity index (χ1) is 52.8. The number of halogens is 13. The number of benzene rings is 2. The van der Waals surface area contributed by atoms with Crippen LogP contribution in [-0.2, 0) is 75.8 Å². The summed E-state index contributed by atoms with van der Waals surface area (Å²) in [7, 11) is -0.244. The molecule has 0 spiro atoms. The molecule has 614 valence electrons. The Morgan fingerprint density at radius 3 is 1.14 bits per heavy atom. The molecule has 7 aliphatic rings. The minimum Gasteiger partial charge on any atom is -0.466 e. The number of carbonyl (C=O) groups is 4. The van der Waals surface area contributed by atoms with Gasteiger partial charge in [0.05, 0.1) is 64.2 Å². The van der Waals surface area contributed by atoms with E-state index in [-0.39, 0.29) is 150 Å². The lowest BCUT2D eigenvalue weighted by molar-refractivity contribution is -0.147. The Bertz CT molecular complexity index is 3870. The van der Waals surface area contributed by atoms with Gasteiger partial charge in [0.25, 0.3) is 0 Å². The smallest absolute Gasteiger partial charge is 0.466 e. The van der Waals surface area contributed by atoms with E-state index in [4.69, 9.17) is 18.8 Å². The fraction of sp³-hybridized carbons (Fsp3) is 0.625. The summed E-state index contributed by atoms with van der Waals surface area (Å²) in [4.78, 5) is 85.7. The summed E-state index contributed by atoms with van der Waals surface area (Å²) < 4.78 is 188.